The lowest BCUT2D eigenvalue weighted by Gasteiger charge is -2.13. The van der Waals surface area contributed by atoms with Gasteiger partial charge < -0.3 is 9.88 Å². The number of rotatable bonds is 7. The lowest BCUT2D eigenvalue weighted by molar-refractivity contribution is -0.115. The second-order valence-corrected chi connectivity index (χ2v) is 8.19. The van der Waals surface area contributed by atoms with E-state index in [1.165, 1.54) is 18.7 Å². The molecule has 0 spiro atoms. The highest BCUT2D eigenvalue weighted by Crippen LogP contribution is 2.28. The van der Waals surface area contributed by atoms with Crippen LogP contribution < -0.4 is 5.32 Å². The first kappa shape index (κ1) is 21.1. The molecule has 2 aromatic carbocycles. The third kappa shape index (κ3) is 5.05. The minimum atomic E-state index is -0.405. The van der Waals surface area contributed by atoms with Gasteiger partial charge in [0.2, 0.25) is 5.91 Å². The monoisotopic (exact) mass is 428 g/mol. The molecule has 29 heavy (non-hydrogen) atoms. The Labute approximate surface area is 178 Å². The number of carbonyl (C=O) groups is 2. The number of aromatic nitrogens is 3. The molecule has 1 amide bonds. The quantitative estimate of drug-likeness (QED) is 0.426. The summed E-state index contributed by atoms with van der Waals surface area (Å²) in [5.74, 6) is 0.484. The van der Waals surface area contributed by atoms with Crippen molar-refractivity contribution in [2.75, 3.05) is 5.32 Å². The van der Waals surface area contributed by atoms with Crippen LogP contribution in [0.2, 0.25) is 5.02 Å². The molecule has 1 atom stereocenters. The summed E-state index contributed by atoms with van der Waals surface area (Å²) in [6.45, 7) is 5.96. The number of carbonyl (C=O) groups excluding carboxylic acids is 2. The van der Waals surface area contributed by atoms with Gasteiger partial charge in [0, 0.05) is 28.4 Å². The average molecular weight is 429 g/mol. The highest BCUT2D eigenvalue weighted by Gasteiger charge is 2.20. The van der Waals surface area contributed by atoms with Gasteiger partial charge >= 0.3 is 0 Å². The molecule has 150 valence electrons. The van der Waals surface area contributed by atoms with Gasteiger partial charge in [-0.2, -0.15) is 0 Å². The van der Waals surface area contributed by atoms with E-state index < -0.39 is 5.25 Å². The van der Waals surface area contributed by atoms with Crippen LogP contribution in [-0.4, -0.2) is 31.7 Å². The fourth-order valence-corrected chi connectivity index (χ4v) is 3.88. The lowest BCUT2D eigenvalue weighted by Crippen LogP contribution is -2.23. The Morgan fingerprint density at radius 1 is 1.17 bits per heavy atom. The number of benzene rings is 2. The Hall–Kier alpha value is -2.64. The maximum atomic E-state index is 12.6. The number of nitrogens with zero attached hydrogens (tertiary/aromatic N) is 3. The van der Waals surface area contributed by atoms with Crippen molar-refractivity contribution in [2.45, 2.75) is 37.7 Å². The summed E-state index contributed by atoms with van der Waals surface area (Å²) < 4.78 is 1.95. The smallest absolute Gasteiger partial charge is 0.237 e. The molecule has 1 heterocycles. The first-order valence-corrected chi connectivity index (χ1v) is 10.4. The summed E-state index contributed by atoms with van der Waals surface area (Å²) >= 11 is 7.42. The van der Waals surface area contributed by atoms with E-state index in [1.54, 1.807) is 30.3 Å². The zero-order valence-corrected chi connectivity index (χ0v) is 17.9. The standard InChI is InChI=1S/C21H21ClN4O2S/c1-4-26-19(16-8-5-9-17(22)11-16)24-25-21(26)29-14(3)20(28)23-18-10-6-7-15(12-18)13(2)27/h5-12,14H,4H2,1-3H3,(H,23,28). The first-order chi connectivity index (χ1) is 13.9. The molecule has 0 aliphatic heterocycles. The van der Waals surface area contributed by atoms with Crippen LogP contribution in [0.3, 0.4) is 0 Å². The van der Waals surface area contributed by atoms with E-state index in [1.807, 2.05) is 36.6 Å². The van der Waals surface area contributed by atoms with Gasteiger partial charge in [0.15, 0.2) is 16.8 Å². The van der Waals surface area contributed by atoms with Crippen LogP contribution in [-0.2, 0) is 11.3 Å². The molecule has 3 rings (SSSR count). The van der Waals surface area contributed by atoms with Crippen molar-refractivity contribution < 1.29 is 9.59 Å². The fourth-order valence-electron chi connectivity index (χ4n) is 2.77. The number of ketones is 1. The number of hydrogen-bond acceptors (Lipinski definition) is 5. The van der Waals surface area contributed by atoms with Crippen molar-refractivity contribution in [3.05, 3.63) is 59.1 Å². The van der Waals surface area contributed by atoms with Crippen LogP contribution >= 0.6 is 23.4 Å². The molecule has 0 bridgehead atoms. The maximum absolute atomic E-state index is 12.6. The Morgan fingerprint density at radius 2 is 1.93 bits per heavy atom. The molecule has 0 fully saturated rings. The lowest BCUT2D eigenvalue weighted by atomic mass is 10.1. The van der Waals surface area contributed by atoms with Crippen molar-refractivity contribution in [1.82, 2.24) is 14.8 Å². The molecule has 0 saturated heterocycles. The molecule has 0 aliphatic carbocycles. The number of nitrogens with one attached hydrogen (secondary N) is 1. The Bertz CT molecular complexity index is 1050. The van der Waals surface area contributed by atoms with E-state index in [2.05, 4.69) is 15.5 Å². The second kappa shape index (κ2) is 9.24. The molecular weight excluding hydrogens is 408 g/mol. The van der Waals surface area contributed by atoms with Gasteiger partial charge in [-0.25, -0.2) is 0 Å². The van der Waals surface area contributed by atoms with E-state index in [0.29, 0.717) is 33.8 Å². The normalized spacial score (nSPS) is 11.9. The van der Waals surface area contributed by atoms with Gasteiger partial charge in [0.1, 0.15) is 0 Å². The number of halogens is 1. The van der Waals surface area contributed by atoms with Crippen LogP contribution in [0, 0.1) is 0 Å². The molecule has 3 aromatic rings. The van der Waals surface area contributed by atoms with Crippen LogP contribution in [0.5, 0.6) is 0 Å². The van der Waals surface area contributed by atoms with Crippen LogP contribution in [0.1, 0.15) is 31.1 Å². The predicted octanol–water partition coefficient (Wildman–Crippen LogP) is 4.94. The van der Waals surface area contributed by atoms with Gasteiger partial charge in [0.05, 0.1) is 5.25 Å². The van der Waals surface area contributed by atoms with Gasteiger partial charge in [-0.3, -0.25) is 9.59 Å². The summed E-state index contributed by atoms with van der Waals surface area (Å²) in [6.07, 6.45) is 0. The molecule has 1 N–H and O–H groups in total. The number of anilines is 1. The highest BCUT2D eigenvalue weighted by atomic mass is 35.5. The van der Waals surface area contributed by atoms with E-state index in [-0.39, 0.29) is 11.7 Å². The predicted molar refractivity (Wildman–Crippen MR) is 117 cm³/mol. The second-order valence-electron chi connectivity index (χ2n) is 6.45. The molecule has 1 aromatic heterocycles. The number of amides is 1. The third-order valence-corrected chi connectivity index (χ3v) is 5.62. The van der Waals surface area contributed by atoms with Crippen LogP contribution in [0.15, 0.2) is 53.7 Å². The van der Waals surface area contributed by atoms with E-state index in [9.17, 15) is 9.59 Å². The van der Waals surface area contributed by atoms with E-state index in [0.717, 1.165) is 5.56 Å². The Morgan fingerprint density at radius 3 is 2.62 bits per heavy atom. The number of hydrogen-bond donors (Lipinski definition) is 1. The SMILES string of the molecule is CCn1c(SC(C)C(=O)Nc2cccc(C(C)=O)c2)nnc1-c1cccc(Cl)c1. The fraction of sp³-hybridized carbons (Fsp3) is 0.238. The summed E-state index contributed by atoms with van der Waals surface area (Å²) in [4.78, 5) is 24.2. The minimum Gasteiger partial charge on any atom is -0.325 e. The van der Waals surface area contributed by atoms with Crippen molar-refractivity contribution >= 4 is 40.7 Å². The van der Waals surface area contributed by atoms with Crippen molar-refractivity contribution in [1.29, 1.82) is 0 Å². The van der Waals surface area contributed by atoms with Crippen molar-refractivity contribution in [3.8, 4) is 11.4 Å². The summed E-state index contributed by atoms with van der Waals surface area (Å²) in [7, 11) is 0. The summed E-state index contributed by atoms with van der Waals surface area (Å²) in [5, 5.41) is 12.3. The van der Waals surface area contributed by atoms with E-state index >= 15 is 0 Å². The van der Waals surface area contributed by atoms with E-state index in [4.69, 9.17) is 11.6 Å². The van der Waals surface area contributed by atoms with Crippen molar-refractivity contribution in [3.63, 3.8) is 0 Å². The molecule has 1 unspecified atom stereocenters. The molecule has 0 saturated carbocycles. The van der Waals surface area contributed by atoms with Crippen LogP contribution in [0.25, 0.3) is 11.4 Å². The highest BCUT2D eigenvalue weighted by molar-refractivity contribution is 8.00. The number of thioether (sulfide) groups is 1. The van der Waals surface area contributed by atoms with Gasteiger partial charge in [-0.05, 0) is 45.0 Å². The van der Waals surface area contributed by atoms with Gasteiger partial charge in [-0.1, -0.05) is 47.6 Å². The third-order valence-electron chi connectivity index (χ3n) is 4.30. The topological polar surface area (TPSA) is 76.9 Å². The number of Topliss-reactive ketones (excluding diaryl/α,β-unsaturated/α-hetero) is 1. The summed E-state index contributed by atoms with van der Waals surface area (Å²) in [5.41, 5.74) is 2.02. The minimum absolute atomic E-state index is 0.0480. The Balaban J connectivity index is 1.75. The zero-order chi connectivity index (χ0) is 21.0. The molecule has 6 nitrogen and oxygen atoms in total. The maximum Gasteiger partial charge on any atom is 0.237 e. The zero-order valence-electron chi connectivity index (χ0n) is 16.3. The van der Waals surface area contributed by atoms with Gasteiger partial charge in [-0.15, -0.1) is 10.2 Å². The first-order valence-electron chi connectivity index (χ1n) is 9.16. The van der Waals surface area contributed by atoms with Gasteiger partial charge in [0.25, 0.3) is 0 Å². The molecule has 0 radical (unpaired) electrons. The molecule has 0 aliphatic rings. The average Bonchev–Trinajstić information content (AvgIpc) is 3.10. The van der Waals surface area contributed by atoms with Crippen molar-refractivity contribution in [2.24, 2.45) is 0 Å². The molecular formula is C21H21ClN4O2S. The summed E-state index contributed by atoms with van der Waals surface area (Å²) in [6, 6.07) is 14.3. The largest absolute Gasteiger partial charge is 0.325 e. The Kier molecular flexibility index (Phi) is 6.71. The van der Waals surface area contributed by atoms with Crippen LogP contribution in [0.4, 0.5) is 5.69 Å². The molecule has 8 heteroatoms.